The van der Waals surface area contributed by atoms with Gasteiger partial charge in [0.05, 0.1) is 29.4 Å². The lowest BCUT2D eigenvalue weighted by atomic mass is 9.75. The first-order valence-corrected chi connectivity index (χ1v) is 8.30. The van der Waals surface area contributed by atoms with Gasteiger partial charge in [-0.1, -0.05) is 5.16 Å². The zero-order valence-corrected chi connectivity index (χ0v) is 13.5. The highest BCUT2D eigenvalue weighted by Gasteiger charge is 2.50. The van der Waals surface area contributed by atoms with Crippen LogP contribution in [0.15, 0.2) is 29.0 Å². The van der Waals surface area contributed by atoms with Crippen molar-refractivity contribution in [2.75, 3.05) is 26.3 Å². The molecule has 5 rings (SSSR count). The van der Waals surface area contributed by atoms with E-state index < -0.39 is 0 Å². The van der Waals surface area contributed by atoms with E-state index >= 15 is 0 Å². The van der Waals surface area contributed by atoms with Gasteiger partial charge in [0, 0.05) is 25.8 Å². The summed E-state index contributed by atoms with van der Waals surface area (Å²) in [6.45, 7) is 3.27. The first-order chi connectivity index (χ1) is 11.8. The maximum absolute atomic E-state index is 5.74. The Morgan fingerprint density at radius 2 is 2.33 bits per heavy atom. The van der Waals surface area contributed by atoms with Crippen molar-refractivity contribution >= 4 is 11.0 Å². The molecule has 24 heavy (non-hydrogen) atoms. The molecule has 7 nitrogen and oxygen atoms in total. The predicted molar refractivity (Wildman–Crippen MR) is 87.5 cm³/mol. The number of imidazole rings is 1. The summed E-state index contributed by atoms with van der Waals surface area (Å²) in [5.41, 5.74) is 2.76. The van der Waals surface area contributed by atoms with E-state index in [4.69, 9.17) is 14.2 Å². The third-order valence-corrected chi connectivity index (χ3v) is 5.42. The molecule has 124 valence electrons. The van der Waals surface area contributed by atoms with Gasteiger partial charge in [0.25, 0.3) is 0 Å². The first kappa shape index (κ1) is 14.1. The van der Waals surface area contributed by atoms with Crippen molar-refractivity contribution < 1.29 is 9.26 Å². The second-order valence-electron chi connectivity index (χ2n) is 6.81. The number of hydrogen-bond donors (Lipinski definition) is 1. The van der Waals surface area contributed by atoms with E-state index in [0.29, 0.717) is 24.2 Å². The van der Waals surface area contributed by atoms with Crippen molar-refractivity contribution in [2.45, 2.75) is 11.8 Å². The molecule has 2 aromatic heterocycles. The molecule has 0 amide bonds. The maximum Gasteiger partial charge on any atom is 0.237 e. The summed E-state index contributed by atoms with van der Waals surface area (Å²) in [5.74, 6) is 1.80. The molecule has 2 fully saturated rings. The molecule has 3 aromatic rings. The van der Waals surface area contributed by atoms with Gasteiger partial charge in [0.2, 0.25) is 11.7 Å². The van der Waals surface area contributed by atoms with Gasteiger partial charge in [0.15, 0.2) is 0 Å². The first-order valence-electron chi connectivity index (χ1n) is 8.30. The summed E-state index contributed by atoms with van der Waals surface area (Å²) in [5, 5.41) is 7.69. The Hall–Kier alpha value is -2.25. The minimum atomic E-state index is -0.182. The lowest BCUT2D eigenvalue weighted by Crippen LogP contribution is -2.44. The van der Waals surface area contributed by atoms with E-state index in [2.05, 4.69) is 15.5 Å². The quantitative estimate of drug-likeness (QED) is 0.769. The third kappa shape index (κ3) is 1.94. The molecule has 2 aliphatic rings. The molecule has 2 atom stereocenters. The molecule has 2 aliphatic heterocycles. The second-order valence-corrected chi connectivity index (χ2v) is 6.81. The Balaban J connectivity index is 1.54. The maximum atomic E-state index is 5.74. The van der Waals surface area contributed by atoms with Crippen LogP contribution in [0.1, 0.15) is 12.3 Å². The largest absolute Gasteiger partial charge is 0.380 e. The van der Waals surface area contributed by atoms with Crippen LogP contribution in [0.4, 0.5) is 0 Å². The molecule has 0 bridgehead atoms. The summed E-state index contributed by atoms with van der Waals surface area (Å²) < 4.78 is 13.4. The van der Waals surface area contributed by atoms with Gasteiger partial charge >= 0.3 is 0 Å². The van der Waals surface area contributed by atoms with Crippen molar-refractivity contribution in [3.05, 3.63) is 30.4 Å². The fourth-order valence-corrected chi connectivity index (χ4v) is 3.97. The van der Waals surface area contributed by atoms with Crippen LogP contribution in [-0.2, 0) is 17.2 Å². The van der Waals surface area contributed by atoms with Crippen LogP contribution >= 0.6 is 0 Å². The molecule has 0 saturated carbocycles. The number of benzene rings is 1. The molecular weight excluding hydrogens is 306 g/mol. The van der Waals surface area contributed by atoms with Gasteiger partial charge in [-0.15, -0.1) is 0 Å². The zero-order valence-electron chi connectivity index (χ0n) is 13.5. The summed E-state index contributed by atoms with van der Waals surface area (Å²) in [6.07, 6.45) is 2.84. The topological polar surface area (TPSA) is 78.0 Å². The van der Waals surface area contributed by atoms with E-state index in [1.54, 1.807) is 0 Å². The molecule has 1 N–H and O–H groups in total. The van der Waals surface area contributed by atoms with Crippen molar-refractivity contribution in [3.8, 4) is 11.4 Å². The number of ether oxygens (including phenoxy) is 1. The average Bonchev–Trinajstić information content (AvgIpc) is 3.33. The van der Waals surface area contributed by atoms with Crippen molar-refractivity contribution in [1.29, 1.82) is 0 Å². The van der Waals surface area contributed by atoms with Crippen LogP contribution in [0.2, 0.25) is 0 Å². The standard InChI is InChI=1S/C17H19N5O2/c1-22-10-19-13-6-11(2-3-14(13)22)15-20-16(24-21-15)17-8-18-7-12(17)4-5-23-9-17/h2-3,6,10,12,18H,4-5,7-9H2,1H3/t12-,17+/m1/s1. The molecule has 0 spiro atoms. The normalized spacial score (nSPS) is 26.8. The predicted octanol–water partition coefficient (Wildman–Crippen LogP) is 1.50. The summed E-state index contributed by atoms with van der Waals surface area (Å²) >= 11 is 0. The number of aromatic nitrogens is 4. The highest BCUT2D eigenvalue weighted by Crippen LogP contribution is 2.40. The molecular formula is C17H19N5O2. The van der Waals surface area contributed by atoms with E-state index in [1.165, 1.54) is 0 Å². The summed E-state index contributed by atoms with van der Waals surface area (Å²) in [6, 6.07) is 6.05. The Kier molecular flexibility index (Phi) is 3.01. The van der Waals surface area contributed by atoms with E-state index in [9.17, 15) is 0 Å². The fourth-order valence-electron chi connectivity index (χ4n) is 3.97. The molecule has 7 heteroatoms. The van der Waals surface area contributed by atoms with Gasteiger partial charge in [0.1, 0.15) is 0 Å². The van der Waals surface area contributed by atoms with E-state index in [-0.39, 0.29) is 5.41 Å². The number of rotatable bonds is 2. The third-order valence-electron chi connectivity index (χ3n) is 5.42. The Bertz CT molecular complexity index is 901. The Morgan fingerprint density at radius 3 is 3.29 bits per heavy atom. The van der Waals surface area contributed by atoms with Crippen LogP contribution in [0.3, 0.4) is 0 Å². The van der Waals surface area contributed by atoms with Crippen molar-refractivity contribution in [2.24, 2.45) is 13.0 Å². The van der Waals surface area contributed by atoms with Crippen LogP contribution in [-0.4, -0.2) is 46.0 Å². The van der Waals surface area contributed by atoms with Gasteiger partial charge in [-0.25, -0.2) is 4.98 Å². The molecule has 0 aliphatic carbocycles. The second kappa shape index (κ2) is 5.12. The van der Waals surface area contributed by atoms with Crippen LogP contribution in [0.5, 0.6) is 0 Å². The molecule has 0 radical (unpaired) electrons. The Labute approximate surface area is 139 Å². The molecule has 1 aromatic carbocycles. The fraction of sp³-hybridized carbons (Fsp3) is 0.471. The number of hydrogen-bond acceptors (Lipinski definition) is 6. The summed E-state index contributed by atoms with van der Waals surface area (Å²) in [7, 11) is 1.98. The van der Waals surface area contributed by atoms with Gasteiger partial charge < -0.3 is 19.1 Å². The van der Waals surface area contributed by atoms with Gasteiger partial charge in [-0.3, -0.25) is 0 Å². The molecule has 2 saturated heterocycles. The van der Waals surface area contributed by atoms with Gasteiger partial charge in [-0.05, 0) is 37.1 Å². The van der Waals surface area contributed by atoms with Crippen molar-refractivity contribution in [3.63, 3.8) is 0 Å². The average molecular weight is 325 g/mol. The lowest BCUT2D eigenvalue weighted by molar-refractivity contribution is 0.00198. The van der Waals surface area contributed by atoms with Crippen molar-refractivity contribution in [1.82, 2.24) is 25.0 Å². The zero-order chi connectivity index (χ0) is 16.1. The number of nitrogens with zero attached hydrogens (tertiary/aromatic N) is 4. The number of nitrogens with one attached hydrogen (secondary N) is 1. The lowest BCUT2D eigenvalue weighted by Gasteiger charge is -2.34. The summed E-state index contributed by atoms with van der Waals surface area (Å²) in [4.78, 5) is 9.12. The van der Waals surface area contributed by atoms with Gasteiger partial charge in [-0.2, -0.15) is 4.98 Å². The minimum Gasteiger partial charge on any atom is -0.380 e. The SMILES string of the molecule is Cn1cnc2cc(-c3noc([C@]45CNC[C@H]4CCOC5)n3)ccc21. The number of fused-ring (bicyclic) bond motifs is 2. The monoisotopic (exact) mass is 325 g/mol. The molecule has 4 heterocycles. The minimum absolute atomic E-state index is 0.182. The van der Waals surface area contributed by atoms with Crippen LogP contribution < -0.4 is 5.32 Å². The highest BCUT2D eigenvalue weighted by molar-refractivity contribution is 5.80. The van der Waals surface area contributed by atoms with Crippen LogP contribution in [0.25, 0.3) is 22.4 Å². The smallest absolute Gasteiger partial charge is 0.237 e. The van der Waals surface area contributed by atoms with Crippen LogP contribution in [0, 0.1) is 5.92 Å². The Morgan fingerprint density at radius 1 is 1.38 bits per heavy atom. The van der Waals surface area contributed by atoms with E-state index in [1.807, 2.05) is 36.1 Å². The van der Waals surface area contributed by atoms with E-state index in [0.717, 1.165) is 42.7 Å². The molecule has 0 unspecified atom stereocenters. The number of aryl methyl sites for hydroxylation is 1. The highest BCUT2D eigenvalue weighted by atomic mass is 16.5.